The topological polar surface area (TPSA) is 15.3 Å². The van der Waals surface area contributed by atoms with E-state index in [1.54, 1.807) is 0 Å². The number of piperidine rings is 1. The zero-order chi connectivity index (χ0) is 15.0. The molecule has 1 N–H and O–H groups in total. The van der Waals surface area contributed by atoms with Crippen molar-refractivity contribution < 1.29 is 22.0 Å². The Morgan fingerprint density at radius 1 is 0.950 bits per heavy atom. The third-order valence-electron chi connectivity index (χ3n) is 3.77. The molecule has 112 valence electrons. The highest BCUT2D eigenvalue weighted by Gasteiger charge is 2.29. The number of nitrogens with one attached hydrogen (secondary N) is 1. The standard InChI is InChI=1S/C13H15F5N2/c1-6-5-7(3-4-20(6)2)19-13-11(17)9(15)8(14)10(16)12(13)18/h6-7,19H,3-5H2,1-2H3. The van der Waals surface area contributed by atoms with Crippen molar-refractivity contribution >= 4 is 5.69 Å². The summed E-state index contributed by atoms with van der Waals surface area (Å²) < 4.78 is 66.2. The van der Waals surface area contributed by atoms with Crippen LogP contribution in [0.4, 0.5) is 27.6 Å². The average Bonchev–Trinajstić information content (AvgIpc) is 2.43. The maximum absolute atomic E-state index is 13.5. The number of halogens is 5. The molecule has 0 spiro atoms. The fraction of sp³-hybridized carbons (Fsp3) is 0.538. The Labute approximate surface area is 113 Å². The number of likely N-dealkylation sites (tertiary alicyclic amines) is 1. The fourth-order valence-corrected chi connectivity index (χ4v) is 2.36. The summed E-state index contributed by atoms with van der Waals surface area (Å²) in [5.41, 5.74) is -0.942. The van der Waals surface area contributed by atoms with Crippen molar-refractivity contribution in [1.29, 1.82) is 0 Å². The molecule has 0 radical (unpaired) electrons. The Morgan fingerprint density at radius 2 is 1.45 bits per heavy atom. The van der Waals surface area contributed by atoms with Crippen molar-refractivity contribution in [3.8, 4) is 0 Å². The average molecular weight is 294 g/mol. The van der Waals surface area contributed by atoms with Crippen molar-refractivity contribution in [3.63, 3.8) is 0 Å². The summed E-state index contributed by atoms with van der Waals surface area (Å²) in [6.07, 6.45) is 1.14. The van der Waals surface area contributed by atoms with Crippen molar-refractivity contribution in [3.05, 3.63) is 29.1 Å². The van der Waals surface area contributed by atoms with Gasteiger partial charge in [-0.2, -0.15) is 0 Å². The lowest BCUT2D eigenvalue weighted by molar-refractivity contribution is 0.189. The van der Waals surface area contributed by atoms with E-state index in [0.29, 0.717) is 19.4 Å². The molecule has 2 atom stereocenters. The highest BCUT2D eigenvalue weighted by Crippen LogP contribution is 2.29. The molecule has 1 fully saturated rings. The highest BCUT2D eigenvalue weighted by atomic mass is 19.2. The molecule has 0 aliphatic carbocycles. The van der Waals surface area contributed by atoms with Crippen molar-refractivity contribution in [2.45, 2.75) is 31.8 Å². The van der Waals surface area contributed by atoms with Gasteiger partial charge in [0.05, 0.1) is 0 Å². The monoisotopic (exact) mass is 294 g/mol. The van der Waals surface area contributed by atoms with E-state index in [-0.39, 0.29) is 12.1 Å². The van der Waals surface area contributed by atoms with Gasteiger partial charge in [0.15, 0.2) is 23.3 Å². The van der Waals surface area contributed by atoms with Gasteiger partial charge in [-0.25, -0.2) is 22.0 Å². The van der Waals surface area contributed by atoms with Gasteiger partial charge in [0.25, 0.3) is 0 Å². The van der Waals surface area contributed by atoms with E-state index in [1.165, 1.54) is 0 Å². The summed E-state index contributed by atoms with van der Waals surface area (Å²) in [4.78, 5) is 2.07. The molecule has 1 aromatic rings. The Bertz CT molecular complexity index is 491. The van der Waals surface area contributed by atoms with Gasteiger partial charge in [0, 0.05) is 18.6 Å². The first-order valence-corrected chi connectivity index (χ1v) is 6.31. The maximum Gasteiger partial charge on any atom is 0.200 e. The summed E-state index contributed by atoms with van der Waals surface area (Å²) in [7, 11) is 1.92. The van der Waals surface area contributed by atoms with Crippen LogP contribution in [0.15, 0.2) is 0 Å². The highest BCUT2D eigenvalue weighted by molar-refractivity contribution is 5.48. The number of anilines is 1. The Morgan fingerprint density at radius 3 is 1.95 bits per heavy atom. The molecule has 0 bridgehead atoms. The molecule has 0 aromatic heterocycles. The van der Waals surface area contributed by atoms with E-state index in [1.807, 2.05) is 14.0 Å². The van der Waals surface area contributed by atoms with E-state index in [0.717, 1.165) is 0 Å². The lowest BCUT2D eigenvalue weighted by Crippen LogP contribution is -2.43. The largest absolute Gasteiger partial charge is 0.377 e. The quantitative estimate of drug-likeness (QED) is 0.511. The van der Waals surface area contributed by atoms with Gasteiger partial charge in [-0.05, 0) is 26.8 Å². The van der Waals surface area contributed by atoms with Gasteiger partial charge in [0.2, 0.25) is 5.82 Å². The minimum atomic E-state index is -2.14. The summed E-state index contributed by atoms with van der Waals surface area (Å²) in [6.45, 7) is 2.63. The molecular formula is C13H15F5N2. The van der Waals surface area contributed by atoms with Crippen LogP contribution in [0.25, 0.3) is 0 Å². The molecule has 1 aliphatic heterocycles. The van der Waals surface area contributed by atoms with Crippen LogP contribution < -0.4 is 5.32 Å². The van der Waals surface area contributed by atoms with Crippen LogP contribution in [0.2, 0.25) is 0 Å². The van der Waals surface area contributed by atoms with Crippen LogP contribution in [-0.4, -0.2) is 30.6 Å². The molecular weight excluding hydrogens is 279 g/mol. The molecule has 1 saturated heterocycles. The van der Waals surface area contributed by atoms with Gasteiger partial charge < -0.3 is 10.2 Å². The van der Waals surface area contributed by atoms with E-state index in [2.05, 4.69) is 10.2 Å². The summed E-state index contributed by atoms with van der Waals surface area (Å²) in [5, 5.41) is 2.45. The Balaban J connectivity index is 2.26. The molecule has 2 rings (SSSR count). The van der Waals surface area contributed by atoms with Crippen LogP contribution in [0, 0.1) is 29.1 Å². The molecule has 7 heteroatoms. The maximum atomic E-state index is 13.5. The second-order valence-corrected chi connectivity index (χ2v) is 5.14. The van der Waals surface area contributed by atoms with Crippen molar-refractivity contribution in [2.24, 2.45) is 0 Å². The van der Waals surface area contributed by atoms with Crippen LogP contribution in [0.5, 0.6) is 0 Å². The summed E-state index contributed by atoms with van der Waals surface area (Å²) in [6, 6.07) is -0.156. The van der Waals surface area contributed by atoms with E-state index in [4.69, 9.17) is 0 Å². The molecule has 2 nitrogen and oxygen atoms in total. The normalized spacial score (nSPS) is 23.9. The number of nitrogens with zero attached hydrogens (tertiary/aromatic N) is 1. The smallest absolute Gasteiger partial charge is 0.200 e. The second kappa shape index (κ2) is 5.55. The molecule has 2 unspecified atom stereocenters. The third kappa shape index (κ3) is 2.59. The molecule has 1 aromatic carbocycles. The number of hydrogen-bond donors (Lipinski definition) is 1. The van der Waals surface area contributed by atoms with Gasteiger partial charge in [-0.15, -0.1) is 0 Å². The fourth-order valence-electron chi connectivity index (χ4n) is 2.36. The first kappa shape index (κ1) is 15.0. The lowest BCUT2D eigenvalue weighted by Gasteiger charge is -2.35. The molecule has 20 heavy (non-hydrogen) atoms. The predicted octanol–water partition coefficient (Wildman–Crippen LogP) is 3.28. The van der Waals surface area contributed by atoms with Gasteiger partial charge >= 0.3 is 0 Å². The Kier molecular flexibility index (Phi) is 4.17. The summed E-state index contributed by atoms with van der Waals surface area (Å²) in [5.74, 6) is -9.61. The zero-order valence-corrected chi connectivity index (χ0v) is 11.1. The number of hydrogen-bond acceptors (Lipinski definition) is 2. The number of benzene rings is 1. The summed E-state index contributed by atoms with van der Waals surface area (Å²) >= 11 is 0. The lowest BCUT2D eigenvalue weighted by atomic mass is 9.98. The minimum absolute atomic E-state index is 0.169. The first-order chi connectivity index (χ1) is 9.32. The van der Waals surface area contributed by atoms with Crippen LogP contribution in [0.3, 0.4) is 0 Å². The van der Waals surface area contributed by atoms with E-state index in [9.17, 15) is 22.0 Å². The van der Waals surface area contributed by atoms with Gasteiger partial charge in [0.1, 0.15) is 5.69 Å². The number of rotatable bonds is 2. The molecule has 1 aliphatic rings. The van der Waals surface area contributed by atoms with Crippen molar-refractivity contribution in [1.82, 2.24) is 4.90 Å². The second-order valence-electron chi connectivity index (χ2n) is 5.14. The first-order valence-electron chi connectivity index (χ1n) is 6.31. The minimum Gasteiger partial charge on any atom is -0.377 e. The van der Waals surface area contributed by atoms with Crippen LogP contribution >= 0.6 is 0 Å². The Hall–Kier alpha value is -1.37. The van der Waals surface area contributed by atoms with Crippen LogP contribution in [0.1, 0.15) is 19.8 Å². The molecule has 0 saturated carbocycles. The molecule has 0 amide bonds. The van der Waals surface area contributed by atoms with Gasteiger partial charge in [-0.1, -0.05) is 0 Å². The zero-order valence-electron chi connectivity index (χ0n) is 11.1. The van der Waals surface area contributed by atoms with Crippen molar-refractivity contribution in [2.75, 3.05) is 18.9 Å². The SMILES string of the molecule is CC1CC(Nc2c(F)c(F)c(F)c(F)c2F)CCN1C. The van der Waals surface area contributed by atoms with Crippen LogP contribution in [-0.2, 0) is 0 Å². The van der Waals surface area contributed by atoms with E-state index >= 15 is 0 Å². The third-order valence-corrected chi connectivity index (χ3v) is 3.77. The predicted molar refractivity (Wildman–Crippen MR) is 65.0 cm³/mol. The van der Waals surface area contributed by atoms with E-state index < -0.39 is 34.8 Å². The van der Waals surface area contributed by atoms with Gasteiger partial charge in [-0.3, -0.25) is 0 Å². The molecule has 1 heterocycles.